The van der Waals surface area contributed by atoms with E-state index >= 15 is 0 Å². The van der Waals surface area contributed by atoms with Crippen molar-refractivity contribution >= 4 is 34.0 Å². The minimum atomic E-state index is -0.520. The number of ketones is 2. The summed E-state index contributed by atoms with van der Waals surface area (Å²) in [5, 5.41) is 18.5. The number of halogens is 3. The Labute approximate surface area is 357 Å². The van der Waals surface area contributed by atoms with Gasteiger partial charge in [-0.15, -0.1) is 0 Å². The van der Waals surface area contributed by atoms with E-state index in [0.717, 1.165) is 41.9 Å². The van der Waals surface area contributed by atoms with E-state index in [1.807, 2.05) is 36.4 Å². The Bertz CT molecular complexity index is 1420. The first-order valence-electron chi connectivity index (χ1n) is 12.9. The zero-order valence-corrected chi connectivity index (χ0v) is 33.5. The van der Waals surface area contributed by atoms with E-state index in [1.54, 1.807) is 0 Å². The minimum Gasteiger partial charge on any atom is -1.00 e. The quantitative estimate of drug-likeness (QED) is 0.0668. The summed E-state index contributed by atoms with van der Waals surface area (Å²) in [6.07, 6.45) is 1.87. The molecule has 0 amide bonds. The maximum atomic E-state index is 13.1. The van der Waals surface area contributed by atoms with E-state index in [0.29, 0.717) is 12.4 Å². The first-order valence-corrected chi connectivity index (χ1v) is 14.0. The average Bonchev–Trinajstić information content (AvgIpc) is 3.01. The van der Waals surface area contributed by atoms with Crippen LogP contribution < -0.4 is 113 Å². The van der Waals surface area contributed by atoms with Crippen molar-refractivity contribution in [3.05, 3.63) is 131 Å². The number of rotatable bonds is 9. The molecule has 0 aliphatic rings. The maximum Gasteiger partial charge on any atom is 1.00 e. The summed E-state index contributed by atoms with van der Waals surface area (Å²) in [6.45, 7) is 2.95. The number of phenols is 1. The Morgan fingerprint density at radius 1 is 0.800 bits per heavy atom. The van der Waals surface area contributed by atoms with Crippen LogP contribution in [0.3, 0.4) is 0 Å². The van der Waals surface area contributed by atoms with Gasteiger partial charge < -0.3 is 21.4 Å². The Hall–Kier alpha value is -1.14. The molecule has 12 heteroatoms. The second-order valence-corrected chi connectivity index (χ2v) is 9.41. The summed E-state index contributed by atoms with van der Waals surface area (Å²) in [7, 11) is 0. The molecular formula is C33H33BrF2K2O7. The molecule has 0 spiro atoms. The molecule has 0 atom stereocenters. The molecule has 0 aromatic heterocycles. The van der Waals surface area contributed by atoms with E-state index in [-0.39, 0.29) is 139 Å². The van der Waals surface area contributed by atoms with Crippen LogP contribution in [0.15, 0.2) is 97.1 Å². The van der Waals surface area contributed by atoms with Crippen LogP contribution in [0.4, 0.5) is 8.78 Å². The van der Waals surface area contributed by atoms with Gasteiger partial charge >= 0.3 is 103 Å². The van der Waals surface area contributed by atoms with Crippen molar-refractivity contribution in [2.75, 3.05) is 11.9 Å². The molecular weight excluding hydrogens is 704 g/mol. The molecule has 0 unspecified atom stereocenters. The van der Waals surface area contributed by atoms with Crippen LogP contribution in [0.2, 0.25) is 0 Å². The zero-order valence-electron chi connectivity index (χ0n) is 26.7. The number of phenolic OH excluding ortho intramolecular Hbond substituents is 1. The minimum absolute atomic E-state index is 0. The van der Waals surface area contributed by atoms with Crippen LogP contribution in [0, 0.1) is 11.6 Å². The van der Waals surface area contributed by atoms with Crippen LogP contribution >= 0.6 is 15.9 Å². The fourth-order valence-electron chi connectivity index (χ4n) is 3.37. The van der Waals surface area contributed by atoms with Crippen LogP contribution in [0.25, 0.3) is 0 Å². The third-order valence-electron chi connectivity index (χ3n) is 5.42. The molecule has 230 valence electrons. The maximum absolute atomic E-state index is 13.1. The molecule has 4 aromatic carbocycles. The topological polar surface area (TPSA) is 113 Å². The van der Waals surface area contributed by atoms with E-state index in [2.05, 4.69) is 45.1 Å². The van der Waals surface area contributed by atoms with Crippen molar-refractivity contribution in [2.24, 2.45) is 0 Å². The van der Waals surface area contributed by atoms with Crippen molar-refractivity contribution in [2.45, 2.75) is 26.7 Å². The van der Waals surface area contributed by atoms with Gasteiger partial charge in [0.1, 0.15) is 23.1 Å². The number of hydrogen-bond acceptors (Lipinski definition) is 7. The Morgan fingerprint density at radius 2 is 1.24 bits per heavy atom. The van der Waals surface area contributed by atoms with Crippen LogP contribution in [0.5, 0.6) is 11.5 Å². The normalized spacial score (nSPS) is 9.02. The molecule has 1 N–H and O–H groups in total. The first kappa shape index (κ1) is 46.0. The van der Waals surface area contributed by atoms with Gasteiger partial charge in [-0.2, -0.15) is 0 Å². The van der Waals surface area contributed by atoms with Gasteiger partial charge in [-0.3, -0.25) is 14.4 Å². The Balaban J connectivity index is -0.000000589. The zero-order chi connectivity index (χ0) is 32.0. The molecule has 0 saturated heterocycles. The molecule has 0 aliphatic carbocycles. The number of Topliss-reactive ketones (excluding diaryl/α,β-unsaturated/α-hetero) is 2. The summed E-state index contributed by atoms with van der Waals surface area (Å²) in [5.74, 6) is -1.24. The van der Waals surface area contributed by atoms with Crippen molar-refractivity contribution in [1.82, 2.24) is 0 Å². The molecule has 7 nitrogen and oxygen atoms in total. The standard InChI is InChI=1S/C16H15FO2.C8H9Br.C8H7FO2.CH2O3.2K.H/c1-12(18)15-11-14(17)7-8-16(15)19-10-9-13-5-3-2-4-6-13;9-7-6-8-4-2-1-3-5-8;1-5(10)7-4-6(9)2-3-8(7)11;2-1-4-3;;;/h2-8,11H,9-10H2,1H3;1-5H,6-7H2;2-4,11H,1H3;1,3H;;;/q;;;;2*+1;-1/p-1. The SMILES string of the molecule is BrCCc1ccccc1.CC(=O)c1cc(F)ccc1O.CC(=O)c1cc(F)ccc1OCCc1ccccc1.O=CO[O-].[H-].[K+].[K+]. The second kappa shape index (κ2) is 27.9. The van der Waals surface area contributed by atoms with E-state index in [9.17, 15) is 18.4 Å². The predicted octanol–water partition coefficient (Wildman–Crippen LogP) is 0.563. The van der Waals surface area contributed by atoms with Gasteiger partial charge in [0, 0.05) is 11.8 Å². The number of carbonyl (C=O) groups excluding carboxylic acids is 3. The summed E-state index contributed by atoms with van der Waals surface area (Å²) in [4.78, 5) is 33.3. The van der Waals surface area contributed by atoms with Crippen molar-refractivity contribution in [1.29, 1.82) is 0 Å². The number of alkyl halides is 1. The fraction of sp³-hybridized carbons (Fsp3) is 0.182. The fourth-order valence-corrected chi connectivity index (χ4v) is 3.83. The third kappa shape index (κ3) is 20.7. The molecule has 0 radical (unpaired) electrons. The van der Waals surface area contributed by atoms with Crippen molar-refractivity contribution in [3.8, 4) is 11.5 Å². The smallest absolute Gasteiger partial charge is 1.00 e. The van der Waals surface area contributed by atoms with Crippen molar-refractivity contribution < 1.29 is 147 Å². The molecule has 45 heavy (non-hydrogen) atoms. The first-order chi connectivity index (χ1) is 20.6. The van der Waals surface area contributed by atoms with Gasteiger partial charge in [0.2, 0.25) is 0 Å². The predicted molar refractivity (Wildman–Crippen MR) is 162 cm³/mol. The summed E-state index contributed by atoms with van der Waals surface area (Å²) in [5.41, 5.74) is 2.86. The van der Waals surface area contributed by atoms with E-state index in [1.165, 1.54) is 37.6 Å². The van der Waals surface area contributed by atoms with E-state index < -0.39 is 11.6 Å². The van der Waals surface area contributed by atoms with Crippen LogP contribution in [-0.4, -0.2) is 35.1 Å². The van der Waals surface area contributed by atoms with E-state index in [4.69, 9.17) is 19.9 Å². The number of aromatic hydroxyl groups is 1. The van der Waals surface area contributed by atoms with Crippen LogP contribution in [0.1, 0.15) is 47.1 Å². The molecule has 0 aliphatic heterocycles. The van der Waals surface area contributed by atoms with Gasteiger partial charge in [-0.05, 0) is 67.8 Å². The molecule has 0 saturated carbocycles. The summed E-state index contributed by atoms with van der Waals surface area (Å²) < 4.78 is 31.1. The molecule has 4 aromatic rings. The number of aryl methyl sites for hydroxylation is 1. The number of hydrogen-bond donors (Lipinski definition) is 1. The number of benzene rings is 4. The van der Waals surface area contributed by atoms with Crippen LogP contribution in [-0.2, 0) is 22.5 Å². The van der Waals surface area contributed by atoms with Gasteiger partial charge in [0.15, 0.2) is 11.6 Å². The van der Waals surface area contributed by atoms with Gasteiger partial charge in [0.05, 0.1) is 17.7 Å². The largest absolute Gasteiger partial charge is 1.00 e. The van der Waals surface area contributed by atoms with Gasteiger partial charge in [-0.25, -0.2) is 8.78 Å². The molecule has 0 bridgehead atoms. The second-order valence-electron chi connectivity index (χ2n) is 8.62. The number of ether oxygens (including phenoxy) is 1. The Kier molecular flexibility index (Phi) is 28.5. The molecule has 0 heterocycles. The number of carbonyl (C=O) groups is 3. The van der Waals surface area contributed by atoms with Crippen molar-refractivity contribution in [3.63, 3.8) is 0 Å². The summed E-state index contributed by atoms with van der Waals surface area (Å²) in [6, 6.07) is 27.6. The summed E-state index contributed by atoms with van der Waals surface area (Å²) >= 11 is 3.39. The molecule has 4 rings (SSSR count). The third-order valence-corrected chi connectivity index (χ3v) is 5.81. The monoisotopic (exact) mass is 736 g/mol. The average molecular weight is 738 g/mol. The van der Waals surface area contributed by atoms with Gasteiger partial charge in [-0.1, -0.05) is 76.6 Å². The van der Waals surface area contributed by atoms with Gasteiger partial charge in [0.25, 0.3) is 6.47 Å². The Morgan fingerprint density at radius 3 is 1.67 bits per heavy atom. The molecule has 0 fully saturated rings.